The average molecular weight is 279 g/mol. The highest BCUT2D eigenvalue weighted by Gasteiger charge is 2.30. The Labute approximate surface area is 105 Å². The second-order valence-electron chi connectivity index (χ2n) is 4.12. The molecule has 0 bridgehead atoms. The van der Waals surface area contributed by atoms with Gasteiger partial charge in [-0.25, -0.2) is 0 Å². The Hall–Kier alpha value is -1.19. The van der Waals surface area contributed by atoms with E-state index in [9.17, 15) is 18.0 Å². The topological polar surface area (TPSA) is 130 Å². The molecule has 0 aliphatic carbocycles. The van der Waals surface area contributed by atoms with Crippen LogP contribution in [-0.4, -0.2) is 48.8 Å². The molecular formula is C9H17N3O5S. The quantitative estimate of drug-likeness (QED) is 0.529. The molecule has 9 heteroatoms. The first-order valence-corrected chi connectivity index (χ1v) is 7.05. The van der Waals surface area contributed by atoms with E-state index in [-0.39, 0.29) is 12.8 Å². The number of carbonyl (C=O) groups excluding carboxylic acids is 1. The molecule has 1 fully saturated rings. The summed E-state index contributed by atoms with van der Waals surface area (Å²) in [4.78, 5) is 21.5. The highest BCUT2D eigenvalue weighted by molar-refractivity contribution is 7.87. The van der Waals surface area contributed by atoms with E-state index in [0.717, 1.165) is 12.8 Å². The van der Waals surface area contributed by atoms with Crippen LogP contribution < -0.4 is 10.5 Å². The molecule has 0 radical (unpaired) electrons. The van der Waals surface area contributed by atoms with Crippen LogP contribution in [0.2, 0.25) is 0 Å². The number of primary amides is 1. The zero-order valence-electron chi connectivity index (χ0n) is 9.83. The van der Waals surface area contributed by atoms with Crippen LogP contribution in [0, 0.1) is 0 Å². The number of hydrogen-bond acceptors (Lipinski definition) is 4. The lowest BCUT2D eigenvalue weighted by Gasteiger charge is -2.19. The summed E-state index contributed by atoms with van der Waals surface area (Å²) in [6.45, 7) is 0.773. The summed E-state index contributed by atoms with van der Waals surface area (Å²) in [5, 5.41) is 8.89. The minimum Gasteiger partial charge on any atom is -0.480 e. The molecule has 104 valence electrons. The van der Waals surface area contributed by atoms with Gasteiger partial charge in [0.1, 0.15) is 6.04 Å². The second-order valence-corrected chi connectivity index (χ2v) is 5.83. The van der Waals surface area contributed by atoms with Gasteiger partial charge in [-0.05, 0) is 19.3 Å². The van der Waals surface area contributed by atoms with Gasteiger partial charge >= 0.3 is 5.97 Å². The first-order valence-electron chi connectivity index (χ1n) is 5.61. The molecule has 0 aromatic carbocycles. The van der Waals surface area contributed by atoms with Gasteiger partial charge in [-0.15, -0.1) is 0 Å². The first-order chi connectivity index (χ1) is 8.33. The molecule has 1 heterocycles. The molecule has 8 nitrogen and oxygen atoms in total. The monoisotopic (exact) mass is 279 g/mol. The van der Waals surface area contributed by atoms with E-state index in [1.54, 1.807) is 0 Å². The Morgan fingerprint density at radius 1 is 1.33 bits per heavy atom. The lowest BCUT2D eigenvalue weighted by molar-refractivity contribution is -0.139. The number of carbonyl (C=O) groups is 2. The van der Waals surface area contributed by atoms with Crippen LogP contribution in [0.3, 0.4) is 0 Å². The van der Waals surface area contributed by atoms with Crippen molar-refractivity contribution in [2.45, 2.75) is 31.7 Å². The maximum atomic E-state index is 11.8. The first kappa shape index (κ1) is 14.9. The highest BCUT2D eigenvalue weighted by Crippen LogP contribution is 2.12. The third kappa shape index (κ3) is 4.24. The fourth-order valence-corrected chi connectivity index (χ4v) is 3.17. The largest absolute Gasteiger partial charge is 0.480 e. The molecule has 1 amide bonds. The Morgan fingerprint density at radius 3 is 2.33 bits per heavy atom. The van der Waals surface area contributed by atoms with Crippen LogP contribution in [0.1, 0.15) is 25.7 Å². The molecule has 1 unspecified atom stereocenters. The molecule has 0 saturated carbocycles. The number of nitrogens with zero attached hydrogens (tertiary/aromatic N) is 1. The van der Waals surface area contributed by atoms with E-state index in [1.165, 1.54) is 4.31 Å². The summed E-state index contributed by atoms with van der Waals surface area (Å²) in [5.74, 6) is -1.99. The van der Waals surface area contributed by atoms with E-state index >= 15 is 0 Å². The van der Waals surface area contributed by atoms with Crippen LogP contribution in [0.5, 0.6) is 0 Å². The van der Waals surface area contributed by atoms with Crippen LogP contribution >= 0.6 is 0 Å². The van der Waals surface area contributed by atoms with Crippen LogP contribution in [0.4, 0.5) is 0 Å². The molecule has 1 aliphatic rings. The Morgan fingerprint density at radius 2 is 1.89 bits per heavy atom. The van der Waals surface area contributed by atoms with E-state index in [0.29, 0.717) is 13.1 Å². The minimum absolute atomic E-state index is 0.155. The number of nitrogens with one attached hydrogen (secondary N) is 1. The Bertz CT molecular complexity index is 416. The van der Waals surface area contributed by atoms with Gasteiger partial charge in [0.05, 0.1) is 0 Å². The van der Waals surface area contributed by atoms with Crippen molar-refractivity contribution >= 4 is 22.1 Å². The number of hydrogen-bond donors (Lipinski definition) is 3. The van der Waals surface area contributed by atoms with Crippen molar-refractivity contribution in [3.05, 3.63) is 0 Å². The third-order valence-electron chi connectivity index (χ3n) is 2.67. The van der Waals surface area contributed by atoms with Gasteiger partial charge in [0.15, 0.2) is 0 Å². The summed E-state index contributed by atoms with van der Waals surface area (Å²) in [5.41, 5.74) is 4.91. The van der Waals surface area contributed by atoms with Gasteiger partial charge in [-0.3, -0.25) is 9.59 Å². The molecule has 1 atom stereocenters. The predicted octanol–water partition coefficient (Wildman–Crippen LogP) is -1.36. The summed E-state index contributed by atoms with van der Waals surface area (Å²) in [6.07, 6.45) is 1.19. The van der Waals surface area contributed by atoms with E-state index in [2.05, 4.69) is 4.72 Å². The van der Waals surface area contributed by atoms with E-state index in [1.807, 2.05) is 0 Å². The van der Waals surface area contributed by atoms with Gasteiger partial charge in [-0.1, -0.05) is 0 Å². The number of carboxylic acids is 1. The maximum Gasteiger partial charge on any atom is 0.321 e. The van der Waals surface area contributed by atoms with Crippen molar-refractivity contribution in [2.75, 3.05) is 13.1 Å². The number of amides is 1. The van der Waals surface area contributed by atoms with Gasteiger partial charge in [0, 0.05) is 19.5 Å². The van der Waals surface area contributed by atoms with Gasteiger partial charge in [0.2, 0.25) is 5.91 Å². The average Bonchev–Trinajstić information content (AvgIpc) is 2.77. The molecule has 0 aromatic rings. The molecule has 18 heavy (non-hydrogen) atoms. The van der Waals surface area contributed by atoms with Crippen molar-refractivity contribution in [3.63, 3.8) is 0 Å². The summed E-state index contributed by atoms with van der Waals surface area (Å²) in [6, 6.07) is -1.33. The van der Waals surface area contributed by atoms with Crippen molar-refractivity contribution < 1.29 is 23.1 Å². The summed E-state index contributed by atoms with van der Waals surface area (Å²) >= 11 is 0. The third-order valence-corrected chi connectivity index (χ3v) is 4.30. The zero-order valence-corrected chi connectivity index (χ0v) is 10.6. The van der Waals surface area contributed by atoms with Crippen molar-refractivity contribution in [2.24, 2.45) is 5.73 Å². The molecular weight excluding hydrogens is 262 g/mol. The van der Waals surface area contributed by atoms with Crippen molar-refractivity contribution in [1.82, 2.24) is 9.03 Å². The number of aliphatic carboxylic acids is 1. The van der Waals surface area contributed by atoms with Crippen LogP contribution in [0.15, 0.2) is 0 Å². The highest BCUT2D eigenvalue weighted by atomic mass is 32.2. The lowest BCUT2D eigenvalue weighted by Crippen LogP contribution is -2.47. The summed E-state index contributed by atoms with van der Waals surface area (Å²) in [7, 11) is -3.80. The smallest absolute Gasteiger partial charge is 0.321 e. The van der Waals surface area contributed by atoms with Gasteiger partial charge < -0.3 is 10.8 Å². The predicted molar refractivity (Wildman–Crippen MR) is 62.7 cm³/mol. The SMILES string of the molecule is NC(=O)CCC(NS(=O)(=O)N1CCCC1)C(=O)O. The fraction of sp³-hybridized carbons (Fsp3) is 0.778. The van der Waals surface area contributed by atoms with Crippen molar-refractivity contribution in [1.29, 1.82) is 0 Å². The fourth-order valence-electron chi connectivity index (χ4n) is 1.70. The Kier molecular flexibility index (Phi) is 5.05. The van der Waals surface area contributed by atoms with Gasteiger partial charge in [0.25, 0.3) is 10.2 Å². The number of nitrogens with two attached hydrogens (primary N) is 1. The number of rotatable bonds is 7. The normalized spacial score (nSPS) is 18.7. The van der Waals surface area contributed by atoms with Crippen molar-refractivity contribution in [3.8, 4) is 0 Å². The molecule has 1 aliphatic heterocycles. The summed E-state index contributed by atoms with van der Waals surface area (Å²) < 4.78 is 26.9. The molecule has 0 aromatic heterocycles. The standard InChI is InChI=1S/C9H17N3O5S/c10-8(13)4-3-7(9(14)15)11-18(16,17)12-5-1-2-6-12/h7,11H,1-6H2,(H2,10,13)(H,14,15). The molecule has 0 spiro atoms. The minimum atomic E-state index is -3.80. The van der Waals surface area contributed by atoms with E-state index < -0.39 is 28.1 Å². The Balaban J connectivity index is 2.64. The maximum absolute atomic E-state index is 11.8. The molecule has 1 saturated heterocycles. The van der Waals surface area contributed by atoms with Crippen LogP contribution in [-0.2, 0) is 19.8 Å². The van der Waals surface area contributed by atoms with Crippen LogP contribution in [0.25, 0.3) is 0 Å². The number of carboxylic acid groups (broad SMARTS) is 1. The van der Waals surface area contributed by atoms with E-state index in [4.69, 9.17) is 10.8 Å². The lowest BCUT2D eigenvalue weighted by atomic mass is 10.2. The zero-order chi connectivity index (χ0) is 13.8. The molecule has 1 rings (SSSR count). The molecule has 4 N–H and O–H groups in total. The van der Waals surface area contributed by atoms with Gasteiger partial charge in [-0.2, -0.15) is 17.4 Å². The second kappa shape index (κ2) is 6.12.